The van der Waals surface area contributed by atoms with Gasteiger partial charge in [-0.1, -0.05) is 30.3 Å². The molecule has 9 heteroatoms. The molecule has 2 aromatic heterocycles. The van der Waals surface area contributed by atoms with Crippen molar-refractivity contribution >= 4 is 34.0 Å². The summed E-state index contributed by atoms with van der Waals surface area (Å²) in [5.41, 5.74) is -0.379. The van der Waals surface area contributed by atoms with Gasteiger partial charge >= 0.3 is 6.18 Å². The fourth-order valence-electron chi connectivity index (χ4n) is 1.95. The number of hydrogen-bond donors (Lipinski definition) is 0. The Labute approximate surface area is 152 Å². The van der Waals surface area contributed by atoms with Crippen LogP contribution in [0, 0.1) is 0 Å². The van der Waals surface area contributed by atoms with E-state index >= 15 is 0 Å². The molecule has 0 spiro atoms. The third-order valence-corrected chi connectivity index (χ3v) is 4.75. The molecule has 25 heavy (non-hydrogen) atoms. The molecule has 0 amide bonds. The van der Waals surface area contributed by atoms with Gasteiger partial charge in [0.05, 0.1) is 10.2 Å². The van der Waals surface area contributed by atoms with Gasteiger partial charge in [0.2, 0.25) is 0 Å². The second kappa shape index (κ2) is 7.01. The van der Waals surface area contributed by atoms with Crippen LogP contribution in [0.15, 0.2) is 61.6 Å². The minimum atomic E-state index is -4.61. The molecule has 2 heterocycles. The first-order valence-electron chi connectivity index (χ1n) is 6.81. The summed E-state index contributed by atoms with van der Waals surface area (Å²) in [6.45, 7) is 0. The molecular weight excluding hydrogens is 421 g/mol. The van der Waals surface area contributed by atoms with Gasteiger partial charge in [-0.05, 0) is 33.8 Å². The minimum Gasteiger partial charge on any atom is -0.445 e. The lowest BCUT2D eigenvalue weighted by Crippen LogP contribution is -2.10. The molecule has 3 aromatic rings. The molecule has 0 unspecified atom stereocenters. The number of carbonyl (C=O) groups excluding carboxylic acids is 1. The molecule has 0 aliphatic heterocycles. The summed E-state index contributed by atoms with van der Waals surface area (Å²) in [6, 6.07) is 10.8. The van der Waals surface area contributed by atoms with Gasteiger partial charge in [0.25, 0.3) is 0 Å². The van der Waals surface area contributed by atoms with E-state index in [2.05, 4.69) is 25.9 Å². The molecular formula is C16H8BrF3N2O2S. The van der Waals surface area contributed by atoms with Crippen molar-refractivity contribution in [2.45, 2.75) is 16.4 Å². The van der Waals surface area contributed by atoms with Crippen LogP contribution in [-0.4, -0.2) is 16.3 Å². The standard InChI is InChI=1S/C16H8BrF3N2O2S/c17-11-6-10(8-23)24-14(11)25-15-21-12(9-4-2-1-3-5-9)7-13(22-15)16(18,19)20/h1-8H. The third-order valence-electron chi connectivity index (χ3n) is 3.04. The highest BCUT2D eigenvalue weighted by Crippen LogP contribution is 2.37. The van der Waals surface area contributed by atoms with Crippen LogP contribution in [0.3, 0.4) is 0 Å². The second-order valence-electron chi connectivity index (χ2n) is 4.79. The van der Waals surface area contributed by atoms with E-state index in [9.17, 15) is 18.0 Å². The smallest absolute Gasteiger partial charge is 0.433 e. The number of benzene rings is 1. The zero-order valence-electron chi connectivity index (χ0n) is 12.2. The molecule has 0 radical (unpaired) electrons. The van der Waals surface area contributed by atoms with Crippen molar-refractivity contribution in [2.75, 3.05) is 0 Å². The fourth-order valence-corrected chi connectivity index (χ4v) is 3.25. The maximum atomic E-state index is 13.2. The van der Waals surface area contributed by atoms with E-state index in [0.717, 1.165) is 17.8 Å². The Morgan fingerprint density at radius 1 is 1.12 bits per heavy atom. The van der Waals surface area contributed by atoms with Gasteiger partial charge in [-0.2, -0.15) is 13.2 Å². The quantitative estimate of drug-likeness (QED) is 0.406. The predicted molar refractivity (Wildman–Crippen MR) is 88.4 cm³/mol. The second-order valence-corrected chi connectivity index (χ2v) is 6.58. The van der Waals surface area contributed by atoms with Crippen LogP contribution in [0.1, 0.15) is 16.2 Å². The van der Waals surface area contributed by atoms with Gasteiger partial charge in [-0.15, -0.1) is 0 Å². The lowest BCUT2D eigenvalue weighted by atomic mass is 10.1. The van der Waals surface area contributed by atoms with Gasteiger partial charge in [0.15, 0.2) is 22.3 Å². The van der Waals surface area contributed by atoms with Crippen molar-refractivity contribution in [3.05, 3.63) is 58.4 Å². The Bertz CT molecular complexity index is 913. The molecule has 0 N–H and O–H groups in total. The lowest BCUT2D eigenvalue weighted by Gasteiger charge is -2.10. The number of furan rings is 1. The Morgan fingerprint density at radius 3 is 2.44 bits per heavy atom. The van der Waals surface area contributed by atoms with E-state index in [1.54, 1.807) is 30.3 Å². The molecule has 0 bridgehead atoms. The number of carbonyl (C=O) groups is 1. The molecule has 0 saturated carbocycles. The van der Waals surface area contributed by atoms with Crippen LogP contribution < -0.4 is 0 Å². The van der Waals surface area contributed by atoms with E-state index in [-0.39, 0.29) is 21.7 Å². The number of aldehydes is 1. The molecule has 0 aliphatic rings. The largest absolute Gasteiger partial charge is 0.445 e. The van der Waals surface area contributed by atoms with Crippen molar-refractivity contribution in [1.29, 1.82) is 0 Å². The monoisotopic (exact) mass is 428 g/mol. The molecule has 0 atom stereocenters. The Balaban J connectivity index is 2.06. The van der Waals surface area contributed by atoms with Crippen LogP contribution >= 0.6 is 27.7 Å². The molecule has 0 aliphatic carbocycles. The number of nitrogens with zero attached hydrogens (tertiary/aromatic N) is 2. The molecule has 1 aromatic carbocycles. The maximum absolute atomic E-state index is 13.2. The summed E-state index contributed by atoms with van der Waals surface area (Å²) in [5.74, 6) is 0.0460. The average molecular weight is 429 g/mol. The van der Waals surface area contributed by atoms with Gasteiger partial charge in [0.1, 0.15) is 5.69 Å². The van der Waals surface area contributed by atoms with E-state index < -0.39 is 11.9 Å². The number of hydrogen-bond acceptors (Lipinski definition) is 5. The van der Waals surface area contributed by atoms with Crippen molar-refractivity contribution in [3.8, 4) is 11.3 Å². The zero-order valence-corrected chi connectivity index (χ0v) is 14.7. The fraction of sp³-hybridized carbons (Fsp3) is 0.0625. The van der Waals surface area contributed by atoms with E-state index in [1.165, 1.54) is 6.07 Å². The van der Waals surface area contributed by atoms with E-state index in [4.69, 9.17) is 4.42 Å². The van der Waals surface area contributed by atoms with Crippen LogP contribution in [-0.2, 0) is 6.18 Å². The number of aromatic nitrogens is 2. The van der Waals surface area contributed by atoms with Gasteiger partial charge in [0, 0.05) is 11.6 Å². The third kappa shape index (κ3) is 4.10. The van der Waals surface area contributed by atoms with Gasteiger partial charge < -0.3 is 4.42 Å². The SMILES string of the molecule is O=Cc1cc(Br)c(Sc2nc(-c3ccccc3)cc(C(F)(F)F)n2)o1. The number of halogens is 4. The summed E-state index contributed by atoms with van der Waals surface area (Å²) < 4.78 is 45.1. The average Bonchev–Trinajstić information content (AvgIpc) is 2.94. The van der Waals surface area contributed by atoms with Gasteiger partial charge in [-0.25, -0.2) is 9.97 Å². The van der Waals surface area contributed by atoms with Crippen molar-refractivity contribution in [1.82, 2.24) is 9.97 Å². The molecule has 0 fully saturated rings. The highest BCUT2D eigenvalue weighted by Gasteiger charge is 2.34. The molecule has 4 nitrogen and oxygen atoms in total. The summed E-state index contributed by atoms with van der Waals surface area (Å²) in [5, 5.41) is 0.0570. The first-order chi connectivity index (χ1) is 11.9. The number of rotatable bonds is 4. The maximum Gasteiger partial charge on any atom is 0.433 e. The first-order valence-corrected chi connectivity index (χ1v) is 8.42. The summed E-state index contributed by atoms with van der Waals surface area (Å²) in [6.07, 6.45) is -4.12. The number of alkyl halides is 3. The lowest BCUT2D eigenvalue weighted by molar-refractivity contribution is -0.141. The van der Waals surface area contributed by atoms with Crippen molar-refractivity contribution in [3.63, 3.8) is 0 Å². The van der Waals surface area contributed by atoms with E-state index in [1.807, 2.05) is 0 Å². The highest BCUT2D eigenvalue weighted by molar-refractivity contribution is 9.10. The first kappa shape index (κ1) is 17.7. The van der Waals surface area contributed by atoms with Crippen molar-refractivity contribution < 1.29 is 22.4 Å². The Hall–Kier alpha value is -2.13. The summed E-state index contributed by atoms with van der Waals surface area (Å²) in [4.78, 5) is 18.5. The topological polar surface area (TPSA) is 56.0 Å². The van der Waals surface area contributed by atoms with Crippen LogP contribution in [0.2, 0.25) is 0 Å². The normalized spacial score (nSPS) is 11.5. The molecule has 128 valence electrons. The van der Waals surface area contributed by atoms with Gasteiger partial charge in [-0.3, -0.25) is 4.79 Å². The van der Waals surface area contributed by atoms with Crippen molar-refractivity contribution in [2.24, 2.45) is 0 Å². The summed E-state index contributed by atoms with van der Waals surface area (Å²) in [7, 11) is 0. The molecule has 3 rings (SSSR count). The van der Waals surface area contributed by atoms with Crippen LogP contribution in [0.4, 0.5) is 13.2 Å². The Kier molecular flexibility index (Phi) is 4.96. The van der Waals surface area contributed by atoms with Crippen LogP contribution in [0.5, 0.6) is 0 Å². The Morgan fingerprint density at radius 2 is 1.84 bits per heavy atom. The minimum absolute atomic E-state index is 0.0460. The van der Waals surface area contributed by atoms with Crippen LogP contribution in [0.25, 0.3) is 11.3 Å². The predicted octanol–water partition coefficient (Wildman–Crippen LogP) is 5.48. The summed E-state index contributed by atoms with van der Waals surface area (Å²) >= 11 is 3.98. The molecule has 0 saturated heterocycles. The zero-order chi connectivity index (χ0) is 18.0. The van der Waals surface area contributed by atoms with E-state index in [0.29, 0.717) is 16.3 Å². The highest BCUT2D eigenvalue weighted by atomic mass is 79.9.